The number of hydrogen-bond acceptors (Lipinski definition) is 19. The maximum Gasteiger partial charge on any atom is 0.187 e. The van der Waals surface area contributed by atoms with Crippen LogP contribution in [0.25, 0.3) is 0 Å². The largest absolute Gasteiger partial charge is 0.394 e. The molecular formula is C48H82O19. The molecule has 3 saturated heterocycles. The van der Waals surface area contributed by atoms with E-state index in [0.29, 0.717) is 51.4 Å². The molecule has 26 atom stereocenters. The predicted molar refractivity (Wildman–Crippen MR) is 235 cm³/mol. The third-order valence-corrected chi connectivity index (χ3v) is 18.7. The lowest BCUT2D eigenvalue weighted by Crippen LogP contribution is -2.71. The first-order valence-electron chi connectivity index (χ1n) is 24.5. The summed E-state index contributed by atoms with van der Waals surface area (Å²) in [5.41, 5.74) is -2.56. The number of fused-ring (bicyclic) bond motifs is 5. The monoisotopic (exact) mass is 963 g/mol. The van der Waals surface area contributed by atoms with Crippen molar-refractivity contribution >= 4 is 0 Å². The second-order valence-corrected chi connectivity index (χ2v) is 23.1. The summed E-state index contributed by atoms with van der Waals surface area (Å²) in [5.74, 6) is -1.22. The summed E-state index contributed by atoms with van der Waals surface area (Å²) in [6.45, 7) is 14.4. The molecule has 67 heavy (non-hydrogen) atoms. The molecule has 7 aliphatic rings. The topological polar surface area (TPSA) is 318 Å². The first-order chi connectivity index (χ1) is 31.3. The minimum Gasteiger partial charge on any atom is -0.394 e. The molecule has 0 aromatic rings. The van der Waals surface area contributed by atoms with E-state index in [1.165, 1.54) is 0 Å². The van der Waals surface area contributed by atoms with Crippen LogP contribution in [0, 0.1) is 45.3 Å². The van der Waals surface area contributed by atoms with Crippen molar-refractivity contribution in [2.24, 2.45) is 45.3 Å². The second-order valence-electron chi connectivity index (χ2n) is 23.1. The third kappa shape index (κ3) is 9.03. The average Bonchev–Trinajstić information content (AvgIpc) is 3.66. The van der Waals surface area contributed by atoms with E-state index < -0.39 is 163 Å². The standard InChI is InChI=1S/C48H82O19/c1-21(2)10-9-13-48(8,67-42-38(61)35(58)32(55)26(19-50)64-42)22-11-15-46(6)30(22)23(52)16-28-45(5)14-12-29(53)44(3,4)40(45)24(17-47(28,46)7)62-43-39(36(59)33(56)27(20-51)65-43)66-41-37(60)34(57)31(54)25(18-49)63-41/h10,22-43,49-61H,9,11-20H2,1-8H3/t22-,23+,24-,25+,26+,27+,28+,29-,30-,31+,32+,33+,34-,35-,36-,37+,38+,39-,40-,41+,42-,43+,45+,46+,47+,48-/m0/s1. The smallest absolute Gasteiger partial charge is 0.187 e. The van der Waals surface area contributed by atoms with Crippen LogP contribution in [-0.2, 0) is 28.4 Å². The molecule has 3 aliphatic heterocycles. The number of allylic oxidation sites excluding steroid dienone is 2. The molecule has 0 radical (unpaired) electrons. The molecule has 0 unspecified atom stereocenters. The minimum atomic E-state index is -1.86. The molecule has 3 heterocycles. The first-order valence-corrected chi connectivity index (χ1v) is 24.5. The Labute approximate surface area is 393 Å². The summed E-state index contributed by atoms with van der Waals surface area (Å²) in [6, 6.07) is 0. The lowest BCUT2D eigenvalue weighted by molar-refractivity contribution is -0.383. The Balaban J connectivity index is 1.27. The van der Waals surface area contributed by atoms with Gasteiger partial charge in [0.15, 0.2) is 18.9 Å². The Kier molecular flexibility index (Phi) is 15.9. The molecule has 4 saturated carbocycles. The number of rotatable bonds is 13. The Hall–Kier alpha value is -1.02. The van der Waals surface area contributed by atoms with Gasteiger partial charge in [0.2, 0.25) is 0 Å². The van der Waals surface area contributed by atoms with Crippen molar-refractivity contribution in [1.82, 2.24) is 0 Å². The Morgan fingerprint density at radius 3 is 1.75 bits per heavy atom. The van der Waals surface area contributed by atoms with Crippen molar-refractivity contribution in [2.45, 2.75) is 223 Å². The van der Waals surface area contributed by atoms with E-state index in [0.717, 1.165) is 5.57 Å². The molecule has 4 aliphatic carbocycles. The highest BCUT2D eigenvalue weighted by Gasteiger charge is 2.74. The van der Waals surface area contributed by atoms with E-state index in [-0.39, 0.29) is 17.8 Å². The minimum absolute atomic E-state index is 0.110. The SMILES string of the molecule is CC(C)=CCC[C@](C)(O[C@@H]1O[C@H](CO)[C@@H](O)[C@H](O)[C@H]1O)[C@H]1CC[C@]2(C)[C@@H]1[C@H](O)C[C@@H]1[C@@]3(C)CC[C@H](O)C(C)(C)[C@@H]3[C@@H](O[C@@H]3O[C@H](CO)[C@@H](O)[C@H](O)[C@@H]3O[C@H]3O[C@H](CO)[C@@H](O)[C@H](O)[C@H]3O)C[C@]12C. The number of hydrogen-bond donors (Lipinski definition) is 13. The second kappa shape index (κ2) is 19.8. The average molecular weight is 963 g/mol. The summed E-state index contributed by atoms with van der Waals surface area (Å²) in [6.07, 6.45) is -20.0. The van der Waals surface area contributed by atoms with Gasteiger partial charge in [-0.05, 0) is 117 Å². The Morgan fingerprint density at radius 1 is 0.642 bits per heavy atom. The van der Waals surface area contributed by atoms with E-state index in [1.807, 2.05) is 34.6 Å². The molecular weight excluding hydrogens is 881 g/mol. The van der Waals surface area contributed by atoms with Crippen LogP contribution in [0.3, 0.4) is 0 Å². The van der Waals surface area contributed by atoms with Crippen molar-refractivity contribution in [2.75, 3.05) is 19.8 Å². The van der Waals surface area contributed by atoms with Gasteiger partial charge in [-0.1, -0.05) is 46.3 Å². The lowest BCUT2D eigenvalue weighted by atomic mass is 9.34. The maximum absolute atomic E-state index is 12.7. The van der Waals surface area contributed by atoms with Gasteiger partial charge in [0.25, 0.3) is 0 Å². The molecule has 19 nitrogen and oxygen atoms in total. The van der Waals surface area contributed by atoms with Gasteiger partial charge in [-0.3, -0.25) is 0 Å². The highest BCUT2D eigenvalue weighted by atomic mass is 16.8. The molecule has 7 rings (SSSR count). The van der Waals surface area contributed by atoms with Crippen molar-refractivity contribution in [3.05, 3.63) is 11.6 Å². The van der Waals surface area contributed by atoms with Gasteiger partial charge >= 0.3 is 0 Å². The third-order valence-electron chi connectivity index (χ3n) is 18.7. The zero-order chi connectivity index (χ0) is 49.5. The van der Waals surface area contributed by atoms with Gasteiger partial charge in [-0.25, -0.2) is 0 Å². The highest BCUT2D eigenvalue weighted by molar-refractivity contribution is 5.22. The van der Waals surface area contributed by atoms with Crippen molar-refractivity contribution in [3.8, 4) is 0 Å². The van der Waals surface area contributed by atoms with E-state index in [9.17, 15) is 66.4 Å². The van der Waals surface area contributed by atoms with Crippen LogP contribution in [-0.4, -0.2) is 202 Å². The molecule has 0 spiro atoms. The van der Waals surface area contributed by atoms with Crippen LogP contribution >= 0.6 is 0 Å². The van der Waals surface area contributed by atoms with Gasteiger partial charge < -0.3 is 94.8 Å². The quantitative estimate of drug-likeness (QED) is 0.0773. The van der Waals surface area contributed by atoms with Crippen LogP contribution < -0.4 is 0 Å². The molecule has 388 valence electrons. The van der Waals surface area contributed by atoms with E-state index in [1.54, 1.807) is 0 Å². The fourth-order valence-corrected chi connectivity index (χ4v) is 14.9. The number of ether oxygens (including phenoxy) is 6. The number of aliphatic hydroxyl groups is 13. The van der Waals surface area contributed by atoms with Crippen LogP contribution in [0.1, 0.15) is 107 Å². The summed E-state index contributed by atoms with van der Waals surface area (Å²) in [7, 11) is 0. The lowest BCUT2D eigenvalue weighted by Gasteiger charge is -2.72. The normalized spacial score (nSPS) is 52.9. The summed E-state index contributed by atoms with van der Waals surface area (Å²) < 4.78 is 37.9. The van der Waals surface area contributed by atoms with Crippen LogP contribution in [0.4, 0.5) is 0 Å². The maximum atomic E-state index is 12.7. The Morgan fingerprint density at radius 2 is 1.18 bits per heavy atom. The molecule has 13 N–H and O–H groups in total. The van der Waals surface area contributed by atoms with Gasteiger partial charge in [0.1, 0.15) is 73.2 Å². The first kappa shape index (κ1) is 53.8. The zero-order valence-electron chi connectivity index (χ0n) is 40.3. The van der Waals surface area contributed by atoms with Gasteiger partial charge in [-0.15, -0.1) is 0 Å². The number of aliphatic hydroxyl groups excluding tert-OH is 13. The highest BCUT2D eigenvalue weighted by Crippen LogP contribution is 2.76. The fourth-order valence-electron chi connectivity index (χ4n) is 14.9. The molecule has 0 aromatic heterocycles. The molecule has 0 aromatic carbocycles. The van der Waals surface area contributed by atoms with Crippen LogP contribution in [0.2, 0.25) is 0 Å². The van der Waals surface area contributed by atoms with E-state index in [4.69, 9.17) is 28.4 Å². The Bertz CT molecular complexity index is 1710. The van der Waals surface area contributed by atoms with Crippen molar-refractivity contribution < 1.29 is 94.8 Å². The summed E-state index contributed by atoms with van der Waals surface area (Å²) >= 11 is 0. The molecule has 19 heteroatoms. The van der Waals surface area contributed by atoms with Crippen LogP contribution in [0.5, 0.6) is 0 Å². The fraction of sp³-hybridized carbons (Fsp3) is 0.958. The van der Waals surface area contributed by atoms with Gasteiger partial charge in [-0.2, -0.15) is 0 Å². The van der Waals surface area contributed by atoms with Crippen LogP contribution in [0.15, 0.2) is 11.6 Å². The molecule has 7 fully saturated rings. The molecule has 0 bridgehead atoms. The van der Waals surface area contributed by atoms with Gasteiger partial charge in [0, 0.05) is 0 Å². The van der Waals surface area contributed by atoms with E-state index in [2.05, 4.69) is 26.8 Å². The van der Waals surface area contributed by atoms with Crippen molar-refractivity contribution in [1.29, 1.82) is 0 Å². The van der Waals surface area contributed by atoms with E-state index >= 15 is 0 Å². The predicted octanol–water partition coefficient (Wildman–Crippen LogP) is -1.06. The zero-order valence-corrected chi connectivity index (χ0v) is 40.3. The van der Waals surface area contributed by atoms with Crippen molar-refractivity contribution in [3.63, 3.8) is 0 Å². The summed E-state index contributed by atoms with van der Waals surface area (Å²) in [4.78, 5) is 0. The molecule has 0 amide bonds. The van der Waals surface area contributed by atoms with Gasteiger partial charge in [0.05, 0.1) is 43.7 Å². The summed E-state index contributed by atoms with van der Waals surface area (Å²) in [5, 5.41) is 142.